The van der Waals surface area contributed by atoms with Gasteiger partial charge in [-0.1, -0.05) is 24.3 Å². The molecule has 6 nitrogen and oxygen atoms in total. The van der Waals surface area contributed by atoms with E-state index in [1.807, 2.05) is 0 Å². The number of ether oxygens (including phenoxy) is 1. The van der Waals surface area contributed by atoms with E-state index >= 15 is 0 Å². The quantitative estimate of drug-likeness (QED) is 0.558. The van der Waals surface area contributed by atoms with Gasteiger partial charge in [-0.3, -0.25) is 9.59 Å². The van der Waals surface area contributed by atoms with E-state index in [1.54, 1.807) is 36.4 Å². The van der Waals surface area contributed by atoms with Gasteiger partial charge in [-0.05, 0) is 12.1 Å². The molecule has 6 heteroatoms. The molecule has 0 unspecified atom stereocenters. The summed E-state index contributed by atoms with van der Waals surface area (Å²) in [4.78, 5) is 36.7. The number of esters is 1. The van der Waals surface area contributed by atoms with Crippen LogP contribution in [0.15, 0.2) is 46.0 Å². The summed E-state index contributed by atoms with van der Waals surface area (Å²) in [5.74, 6) is -0.577. The Morgan fingerprint density at radius 3 is 2.50 bits per heavy atom. The smallest absolute Gasteiger partial charge is 0.334 e. The molecule has 2 heterocycles. The second-order valence-corrected chi connectivity index (χ2v) is 4.48. The van der Waals surface area contributed by atoms with Crippen molar-refractivity contribution in [1.82, 2.24) is 9.36 Å². The topological polar surface area (TPSA) is 70.3 Å². The third-order valence-corrected chi connectivity index (χ3v) is 3.39. The summed E-state index contributed by atoms with van der Waals surface area (Å²) < 4.78 is 7.12. The fourth-order valence-corrected chi connectivity index (χ4v) is 2.44. The van der Waals surface area contributed by atoms with Gasteiger partial charge in [0.25, 0.3) is 11.1 Å². The molecule has 0 radical (unpaired) electrons. The summed E-state index contributed by atoms with van der Waals surface area (Å²) in [5, 5.41) is 0.658. The number of hydrogen-bond acceptors (Lipinski definition) is 4. The molecule has 3 rings (SSSR count). The Bertz CT molecular complexity index is 844. The monoisotopic (exact) mass is 272 g/mol. The number of hydrogen-bond donors (Lipinski definition) is 0. The number of rotatable bonds is 1. The highest BCUT2D eigenvalue weighted by Gasteiger charge is 2.26. The predicted octanol–water partition coefficient (Wildman–Crippen LogP) is 0.447. The number of fused-ring (bicyclic) bond motifs is 2. The molecule has 0 saturated carbocycles. The molecular formula is C14H12N2O4. The lowest BCUT2D eigenvalue weighted by Gasteiger charge is -2.23. The third kappa shape index (κ3) is 1.61. The highest BCUT2D eigenvalue weighted by molar-refractivity contribution is 5.81. The van der Waals surface area contributed by atoms with Crippen molar-refractivity contribution < 1.29 is 9.53 Å². The van der Waals surface area contributed by atoms with Crippen molar-refractivity contribution in [3.63, 3.8) is 0 Å². The van der Waals surface area contributed by atoms with Crippen LogP contribution >= 0.6 is 0 Å². The molecule has 1 aromatic carbocycles. The van der Waals surface area contributed by atoms with E-state index in [9.17, 15) is 14.4 Å². The Kier molecular flexibility index (Phi) is 2.78. The zero-order chi connectivity index (χ0) is 14.3. The molecular weight excluding hydrogens is 260 g/mol. The van der Waals surface area contributed by atoms with Crippen molar-refractivity contribution in [2.75, 3.05) is 7.11 Å². The summed E-state index contributed by atoms with van der Waals surface area (Å²) in [6.07, 6.45) is 3.25. The minimum atomic E-state index is -0.904. The molecule has 1 aromatic heterocycles. The first-order valence-corrected chi connectivity index (χ1v) is 6.14. The van der Waals surface area contributed by atoms with Gasteiger partial charge in [0.15, 0.2) is 6.04 Å². The molecule has 0 amide bonds. The van der Waals surface area contributed by atoms with Crippen molar-refractivity contribution >= 4 is 16.7 Å². The van der Waals surface area contributed by atoms with E-state index in [0.717, 1.165) is 4.68 Å². The van der Waals surface area contributed by atoms with Crippen molar-refractivity contribution in [3.8, 4) is 0 Å². The summed E-state index contributed by atoms with van der Waals surface area (Å²) in [6.45, 7) is 0.256. The van der Waals surface area contributed by atoms with Crippen molar-refractivity contribution in [3.05, 3.63) is 57.1 Å². The zero-order valence-corrected chi connectivity index (χ0v) is 10.8. The Labute approximate surface area is 113 Å². The maximum Gasteiger partial charge on any atom is 0.334 e. The summed E-state index contributed by atoms with van der Waals surface area (Å²) in [7, 11) is 1.25. The van der Waals surface area contributed by atoms with Crippen LogP contribution in [-0.4, -0.2) is 22.4 Å². The lowest BCUT2D eigenvalue weighted by atomic mass is 10.1. The van der Waals surface area contributed by atoms with Crippen LogP contribution in [-0.2, 0) is 16.1 Å². The molecule has 1 aliphatic rings. The van der Waals surface area contributed by atoms with Gasteiger partial charge in [-0.25, -0.2) is 14.2 Å². The Morgan fingerprint density at radius 1 is 1.20 bits per heavy atom. The number of benzene rings is 1. The first-order chi connectivity index (χ1) is 9.65. The van der Waals surface area contributed by atoms with Gasteiger partial charge >= 0.3 is 5.97 Å². The number of carbonyl (C=O) groups is 1. The average molecular weight is 272 g/mol. The van der Waals surface area contributed by atoms with Crippen molar-refractivity contribution in [2.45, 2.75) is 12.6 Å². The molecule has 2 aromatic rings. The number of methoxy groups -OCH3 is 1. The molecule has 0 N–H and O–H groups in total. The third-order valence-electron chi connectivity index (χ3n) is 3.39. The maximum atomic E-state index is 12.5. The summed E-state index contributed by atoms with van der Waals surface area (Å²) in [5.41, 5.74) is -0.668. The van der Waals surface area contributed by atoms with Gasteiger partial charge < -0.3 is 4.74 Å². The fraction of sp³-hybridized carbons (Fsp3) is 0.214. The predicted molar refractivity (Wildman–Crippen MR) is 72.7 cm³/mol. The highest BCUT2D eigenvalue weighted by Crippen LogP contribution is 2.14. The number of nitrogens with zero attached hydrogens (tertiary/aromatic N) is 2. The number of carbonyl (C=O) groups excluding carboxylic acids is 1. The normalized spacial score (nSPS) is 16.9. The van der Waals surface area contributed by atoms with E-state index in [-0.39, 0.29) is 17.7 Å². The Balaban J connectivity index is 2.42. The van der Waals surface area contributed by atoms with Gasteiger partial charge in [0.05, 0.1) is 24.4 Å². The lowest BCUT2D eigenvalue weighted by molar-refractivity contribution is -0.143. The van der Waals surface area contributed by atoms with E-state index in [0.29, 0.717) is 10.8 Å². The highest BCUT2D eigenvalue weighted by atomic mass is 16.5. The SMILES string of the molecule is COC(=O)[C@@H]1C=CCn2c(=O)c3ccccc3c(=O)n21. The van der Waals surface area contributed by atoms with Crippen molar-refractivity contribution in [2.24, 2.45) is 0 Å². The first-order valence-electron chi connectivity index (χ1n) is 6.14. The number of allylic oxidation sites excluding steroid dienone is 1. The summed E-state index contributed by atoms with van der Waals surface area (Å²) >= 11 is 0. The second-order valence-electron chi connectivity index (χ2n) is 4.48. The van der Waals surface area contributed by atoms with Crippen LogP contribution in [0.25, 0.3) is 10.8 Å². The lowest BCUT2D eigenvalue weighted by Crippen LogP contribution is -2.44. The molecule has 0 saturated heterocycles. The standard InChI is InChI=1S/C14H12N2O4/c1-20-14(19)11-7-4-8-15-12(17)9-5-2-3-6-10(9)13(18)16(11)15/h2-7,11H,8H2,1H3/t11-/m0/s1. The maximum absolute atomic E-state index is 12.5. The number of aromatic nitrogens is 2. The largest absolute Gasteiger partial charge is 0.467 e. The minimum Gasteiger partial charge on any atom is -0.467 e. The van der Waals surface area contributed by atoms with Crippen LogP contribution in [0.1, 0.15) is 6.04 Å². The Morgan fingerprint density at radius 2 is 1.85 bits per heavy atom. The average Bonchev–Trinajstić information content (AvgIpc) is 2.51. The van der Waals surface area contributed by atoms with Gasteiger partial charge in [0.2, 0.25) is 0 Å². The minimum absolute atomic E-state index is 0.256. The van der Waals surface area contributed by atoms with Gasteiger partial charge in [0, 0.05) is 0 Å². The van der Waals surface area contributed by atoms with Gasteiger partial charge in [-0.15, -0.1) is 0 Å². The van der Waals surface area contributed by atoms with E-state index in [2.05, 4.69) is 4.74 Å². The molecule has 0 spiro atoms. The van der Waals surface area contributed by atoms with Gasteiger partial charge in [0.1, 0.15) is 0 Å². The Hall–Kier alpha value is -2.63. The zero-order valence-electron chi connectivity index (χ0n) is 10.8. The van der Waals surface area contributed by atoms with E-state index in [1.165, 1.54) is 11.8 Å². The van der Waals surface area contributed by atoms with Gasteiger partial charge in [-0.2, -0.15) is 0 Å². The van der Waals surface area contributed by atoms with Crippen molar-refractivity contribution in [1.29, 1.82) is 0 Å². The molecule has 102 valence electrons. The van der Waals surface area contributed by atoms with Crippen LogP contribution in [0, 0.1) is 0 Å². The van der Waals surface area contributed by atoms with E-state index < -0.39 is 12.0 Å². The van der Waals surface area contributed by atoms with Crippen LogP contribution in [0.4, 0.5) is 0 Å². The van der Waals surface area contributed by atoms with Crippen LogP contribution in [0.2, 0.25) is 0 Å². The fourth-order valence-electron chi connectivity index (χ4n) is 2.44. The van der Waals surface area contributed by atoms with E-state index in [4.69, 9.17) is 0 Å². The van der Waals surface area contributed by atoms with Crippen LogP contribution < -0.4 is 11.1 Å². The van der Waals surface area contributed by atoms with Crippen LogP contribution in [0.5, 0.6) is 0 Å². The molecule has 20 heavy (non-hydrogen) atoms. The summed E-state index contributed by atoms with van der Waals surface area (Å²) in [6, 6.07) is 5.68. The molecule has 1 aliphatic heterocycles. The molecule has 0 aliphatic carbocycles. The second kappa shape index (κ2) is 4.48. The first kappa shape index (κ1) is 12.4. The molecule has 1 atom stereocenters. The molecule has 0 fully saturated rings. The molecule has 0 bridgehead atoms. The van der Waals surface area contributed by atoms with Crippen LogP contribution in [0.3, 0.4) is 0 Å².